The molecular formula is C38H58N2O28. The second-order valence-electron chi connectivity index (χ2n) is 16.5. The molecular weight excluding hydrogens is 932 g/mol. The summed E-state index contributed by atoms with van der Waals surface area (Å²) in [5.41, 5.74) is -0.274. The first-order valence-corrected chi connectivity index (χ1v) is 21.2. The first-order chi connectivity index (χ1) is 32.3. The number of ether oxygens (including phenoxy) is 10. The third-order valence-electron chi connectivity index (χ3n) is 12.0. The molecule has 68 heavy (non-hydrogen) atoms. The van der Waals surface area contributed by atoms with Gasteiger partial charge in [0.15, 0.2) is 25.2 Å². The standard InChI is InChI=1S/C38H58N2O28/c1-11(46)39-19-32(67-36-26(53)23(50)20(47)14(6-41)61-36)21(48)15(7-42)60-34(19)68-33-22(49)16(8-43)62-38(29(33)56)66-31-18(10-45)64-37(28(55)25(31)52)65-30-17(9-44)63-35(27(54)24(30)51)59-13-4-2-12(3-5-13)40(57)58/h2-5,14-38,41-45,47-56H,6-10H2,1H3,(H,39,46)/t14-,15-,16-,17-,18-,19-,20-,21-,22-,23-,24+,25+,26-,27-,28-,29-,30+,31-,32+,33-,34-,35+,36-,37-,38+/m0/s1. The molecule has 0 aromatic heterocycles. The van der Waals surface area contributed by atoms with Gasteiger partial charge in [-0.2, -0.15) is 0 Å². The van der Waals surface area contributed by atoms with Crippen molar-refractivity contribution in [3.05, 3.63) is 34.4 Å². The summed E-state index contributed by atoms with van der Waals surface area (Å²) < 4.78 is 56.7. The average Bonchev–Trinajstić information content (AvgIpc) is 3.32. The summed E-state index contributed by atoms with van der Waals surface area (Å²) in [5, 5.41) is 174. The van der Waals surface area contributed by atoms with Gasteiger partial charge in [0.05, 0.1) is 38.0 Å². The second kappa shape index (κ2) is 23.4. The molecule has 0 aliphatic carbocycles. The molecule has 5 aliphatic rings. The largest absolute Gasteiger partial charge is 0.462 e. The van der Waals surface area contributed by atoms with Gasteiger partial charge in [-0.25, -0.2) is 0 Å². The van der Waals surface area contributed by atoms with Crippen molar-refractivity contribution in [2.75, 3.05) is 33.0 Å². The summed E-state index contributed by atoms with van der Waals surface area (Å²) in [6.07, 6.45) is -44.9. The van der Waals surface area contributed by atoms with Crippen LogP contribution >= 0.6 is 0 Å². The van der Waals surface area contributed by atoms with Crippen LogP contribution in [-0.4, -0.2) is 274 Å². The minimum absolute atomic E-state index is 0.0290. The lowest BCUT2D eigenvalue weighted by Crippen LogP contribution is -2.70. The highest BCUT2D eigenvalue weighted by Crippen LogP contribution is 2.36. The zero-order valence-electron chi connectivity index (χ0n) is 35.7. The highest BCUT2D eigenvalue weighted by atomic mass is 16.8. The zero-order chi connectivity index (χ0) is 49.9. The van der Waals surface area contributed by atoms with Crippen LogP contribution < -0.4 is 10.1 Å². The van der Waals surface area contributed by atoms with Gasteiger partial charge in [-0.05, 0) is 12.1 Å². The van der Waals surface area contributed by atoms with Crippen LogP contribution in [0.1, 0.15) is 6.92 Å². The third-order valence-corrected chi connectivity index (χ3v) is 12.0. The van der Waals surface area contributed by atoms with Crippen molar-refractivity contribution >= 4 is 11.6 Å². The van der Waals surface area contributed by atoms with E-state index in [1.54, 1.807) is 0 Å². The number of hydrogen-bond acceptors (Lipinski definition) is 28. The van der Waals surface area contributed by atoms with E-state index in [0.29, 0.717) is 0 Å². The minimum atomic E-state index is -2.18. The first kappa shape index (κ1) is 54.3. The Kier molecular flexibility index (Phi) is 18.7. The van der Waals surface area contributed by atoms with Crippen molar-refractivity contribution in [1.82, 2.24) is 5.32 Å². The Morgan fingerprint density at radius 1 is 0.500 bits per heavy atom. The van der Waals surface area contributed by atoms with Crippen molar-refractivity contribution in [3.63, 3.8) is 0 Å². The maximum Gasteiger partial charge on any atom is 0.269 e. The number of carbonyl (C=O) groups excluding carboxylic acids is 1. The number of hydrogen-bond donors (Lipinski definition) is 16. The number of carbonyl (C=O) groups is 1. The molecule has 6 rings (SSSR count). The van der Waals surface area contributed by atoms with Gasteiger partial charge in [-0.1, -0.05) is 0 Å². The Morgan fingerprint density at radius 2 is 0.882 bits per heavy atom. The van der Waals surface area contributed by atoms with Crippen LogP contribution in [0.5, 0.6) is 5.75 Å². The normalized spacial score (nSPS) is 45.6. The highest BCUT2D eigenvalue weighted by molar-refractivity contribution is 5.73. The van der Waals surface area contributed by atoms with E-state index in [-0.39, 0.29) is 11.4 Å². The van der Waals surface area contributed by atoms with Gasteiger partial charge in [0, 0.05) is 19.1 Å². The molecule has 1 aromatic rings. The van der Waals surface area contributed by atoms with E-state index < -0.39 is 197 Å². The first-order valence-electron chi connectivity index (χ1n) is 21.2. The summed E-state index contributed by atoms with van der Waals surface area (Å²) >= 11 is 0. The van der Waals surface area contributed by atoms with Crippen molar-refractivity contribution in [1.29, 1.82) is 0 Å². The lowest BCUT2D eigenvalue weighted by atomic mass is 9.94. The van der Waals surface area contributed by atoms with Gasteiger partial charge in [0.2, 0.25) is 12.2 Å². The number of amides is 1. The molecule has 5 aliphatic heterocycles. The van der Waals surface area contributed by atoms with Gasteiger partial charge in [-0.15, -0.1) is 0 Å². The smallest absolute Gasteiger partial charge is 0.269 e. The molecule has 0 unspecified atom stereocenters. The topological polar surface area (TPSA) is 468 Å². The SMILES string of the molecule is CC(=O)N[C@@H]1[C@H](O[C@@H]2[C@H](O)[C@@H](O[C@@H]3[C@H](O)[C@H](O)[C@H](O[C@H]4[C@H](O)[C@H](O)[C@H](Oc5ccc([N+](=O)[O-])cc5)O[C@H]4CO)O[C@H]3CO)O[C@@H](CO)[C@@H]2O)O[C@@H](CO)[C@H](O)[C@@H]1O[C@@H]1O[C@@H](CO)[C@H](O)[C@H](O)[C@@H]1O. The molecule has 0 spiro atoms. The van der Waals surface area contributed by atoms with Gasteiger partial charge in [-0.3, -0.25) is 14.9 Å². The average molecular weight is 991 g/mol. The van der Waals surface area contributed by atoms with Crippen molar-refractivity contribution in [2.45, 2.75) is 160 Å². The molecule has 25 atom stereocenters. The Labute approximate surface area is 383 Å². The molecule has 5 heterocycles. The molecule has 0 radical (unpaired) electrons. The molecule has 16 N–H and O–H groups in total. The number of aliphatic hydroxyl groups is 15. The Hall–Kier alpha value is -3.07. The van der Waals surface area contributed by atoms with E-state index in [9.17, 15) is 91.5 Å². The number of non-ortho nitro benzene ring substituents is 1. The number of nitro groups is 1. The molecule has 388 valence electrons. The number of nitro benzene ring substituents is 1. The molecule has 0 bridgehead atoms. The molecule has 0 saturated carbocycles. The van der Waals surface area contributed by atoms with E-state index >= 15 is 0 Å². The van der Waals surface area contributed by atoms with Crippen molar-refractivity contribution in [3.8, 4) is 5.75 Å². The number of nitrogens with one attached hydrogen (secondary N) is 1. The van der Waals surface area contributed by atoms with Crippen LogP contribution in [0.25, 0.3) is 0 Å². The van der Waals surface area contributed by atoms with E-state index in [1.807, 2.05) is 0 Å². The van der Waals surface area contributed by atoms with Crippen LogP contribution in [-0.2, 0) is 47.4 Å². The predicted molar refractivity (Wildman–Crippen MR) is 210 cm³/mol. The van der Waals surface area contributed by atoms with Crippen molar-refractivity contribution < 1.29 is 134 Å². The number of nitrogens with zero attached hydrogens (tertiary/aromatic N) is 1. The summed E-state index contributed by atoms with van der Waals surface area (Å²) in [7, 11) is 0. The number of benzene rings is 1. The van der Waals surface area contributed by atoms with Gasteiger partial charge < -0.3 is 129 Å². The van der Waals surface area contributed by atoms with Crippen LogP contribution in [0.4, 0.5) is 5.69 Å². The minimum Gasteiger partial charge on any atom is -0.462 e. The molecule has 5 saturated heterocycles. The Bertz CT molecular complexity index is 1770. The van der Waals surface area contributed by atoms with Crippen LogP contribution in [0.15, 0.2) is 24.3 Å². The van der Waals surface area contributed by atoms with Crippen LogP contribution in [0.2, 0.25) is 0 Å². The maximum absolute atomic E-state index is 12.5. The Morgan fingerprint density at radius 3 is 1.37 bits per heavy atom. The van der Waals surface area contributed by atoms with Crippen molar-refractivity contribution in [2.24, 2.45) is 0 Å². The zero-order valence-corrected chi connectivity index (χ0v) is 35.7. The van der Waals surface area contributed by atoms with Gasteiger partial charge in [0.1, 0.15) is 128 Å². The molecule has 5 fully saturated rings. The fourth-order valence-electron chi connectivity index (χ4n) is 8.29. The Balaban J connectivity index is 1.16. The fraction of sp³-hybridized carbons (Fsp3) is 0.816. The van der Waals surface area contributed by atoms with Crippen LogP contribution in [0.3, 0.4) is 0 Å². The van der Waals surface area contributed by atoms with Gasteiger partial charge in [0.25, 0.3) is 5.69 Å². The lowest BCUT2D eigenvalue weighted by Gasteiger charge is -2.50. The second-order valence-corrected chi connectivity index (χ2v) is 16.5. The van der Waals surface area contributed by atoms with E-state index in [1.165, 1.54) is 12.1 Å². The quantitative estimate of drug-likeness (QED) is 0.0509. The van der Waals surface area contributed by atoms with E-state index in [4.69, 9.17) is 47.4 Å². The lowest BCUT2D eigenvalue weighted by molar-refractivity contribution is -0.387. The highest BCUT2D eigenvalue weighted by Gasteiger charge is 2.57. The molecule has 30 heteroatoms. The summed E-state index contributed by atoms with van der Waals surface area (Å²) in [6.45, 7) is -3.71. The summed E-state index contributed by atoms with van der Waals surface area (Å²) in [5.74, 6) is -0.848. The monoisotopic (exact) mass is 990 g/mol. The third kappa shape index (κ3) is 11.5. The molecule has 1 aromatic carbocycles. The number of aliphatic hydroxyl groups excluding tert-OH is 15. The molecule has 1 amide bonds. The summed E-state index contributed by atoms with van der Waals surface area (Å²) in [4.78, 5) is 22.8. The number of rotatable bonds is 17. The summed E-state index contributed by atoms with van der Waals surface area (Å²) in [6, 6.07) is 2.88. The predicted octanol–water partition coefficient (Wildman–Crippen LogP) is -9.79. The van der Waals surface area contributed by atoms with Gasteiger partial charge >= 0.3 is 0 Å². The van der Waals surface area contributed by atoms with E-state index in [2.05, 4.69) is 5.32 Å². The van der Waals surface area contributed by atoms with Crippen LogP contribution in [0, 0.1) is 10.1 Å². The molecule has 30 nitrogen and oxygen atoms in total. The fourth-order valence-corrected chi connectivity index (χ4v) is 8.29. The maximum atomic E-state index is 12.5. The van der Waals surface area contributed by atoms with E-state index in [0.717, 1.165) is 19.1 Å².